The molecule has 3 N–H and O–H groups in total. The first-order valence-electron chi connectivity index (χ1n) is 13.8. The highest BCUT2D eigenvalue weighted by atomic mass is 32.2. The molecule has 1 fully saturated rings. The van der Waals surface area contributed by atoms with Crippen molar-refractivity contribution in [1.82, 2.24) is 14.6 Å². The molecule has 1 saturated carbocycles. The average Bonchev–Trinajstić information content (AvgIpc) is 3.49. The predicted molar refractivity (Wildman–Crippen MR) is 162 cm³/mol. The van der Waals surface area contributed by atoms with Gasteiger partial charge >= 0.3 is 6.09 Å². The van der Waals surface area contributed by atoms with E-state index < -0.39 is 11.0 Å². The molecule has 1 aliphatic carbocycles. The molecule has 2 aromatic rings. The minimum atomic E-state index is -1.04. The van der Waals surface area contributed by atoms with Crippen LogP contribution in [-0.4, -0.2) is 56.8 Å². The Morgan fingerprint density at radius 1 is 1.13 bits per heavy atom. The van der Waals surface area contributed by atoms with E-state index in [1.165, 1.54) is 61.9 Å². The molecule has 1 amide bonds. The summed E-state index contributed by atoms with van der Waals surface area (Å²) < 4.78 is 2.06. The number of nitrogens with one attached hydrogen (secondary N) is 1. The summed E-state index contributed by atoms with van der Waals surface area (Å²) in [5.74, 6) is 0.423. The first-order chi connectivity index (χ1) is 18.7. The molecule has 0 atom stereocenters. The van der Waals surface area contributed by atoms with E-state index in [0.29, 0.717) is 30.3 Å². The number of hydrogen-bond donors (Lipinski definition) is 3. The van der Waals surface area contributed by atoms with Gasteiger partial charge in [-0.1, -0.05) is 95.7 Å². The molecule has 0 unspecified atom stereocenters. The molecule has 1 aliphatic rings. The first-order valence-corrected chi connectivity index (χ1v) is 14.6. The molecule has 1 aromatic heterocycles. The molecule has 39 heavy (non-hydrogen) atoms. The zero-order valence-corrected chi connectivity index (χ0v) is 25.5. The molecule has 1 heterocycles. The van der Waals surface area contributed by atoms with Gasteiger partial charge in [-0.25, -0.2) is 9.10 Å². The number of aryl methyl sites for hydroxylation is 1. The Kier molecular flexibility index (Phi) is 26.5. The number of carboxylic acid groups (broad SMARTS) is 1. The number of carbonyl (C=O) groups is 1. The van der Waals surface area contributed by atoms with Gasteiger partial charge in [0.25, 0.3) is 5.69 Å². The van der Waals surface area contributed by atoms with Crippen LogP contribution in [0.25, 0.3) is 0 Å². The molecular formula is C29H50N4O5S. The van der Waals surface area contributed by atoms with Gasteiger partial charge in [0.05, 0.1) is 4.92 Å². The van der Waals surface area contributed by atoms with Gasteiger partial charge in [0.1, 0.15) is 6.20 Å². The van der Waals surface area contributed by atoms with Gasteiger partial charge in [0.2, 0.25) is 0 Å². The minimum Gasteiger partial charge on any atom is -0.465 e. The van der Waals surface area contributed by atoms with Crippen molar-refractivity contribution in [3.8, 4) is 0 Å². The van der Waals surface area contributed by atoms with Crippen LogP contribution < -0.4 is 5.32 Å². The van der Waals surface area contributed by atoms with Crippen LogP contribution in [0.2, 0.25) is 0 Å². The Labute approximate surface area is 239 Å². The SMILES string of the molecule is C1CCCC1.CC.CC(C)CN(CCCNC(=O)O)Sc1cncc([N+](=O)[O-])c1.CCO.Cc1ccccc1. The topological polar surface area (TPSA) is 129 Å². The van der Waals surface area contributed by atoms with E-state index in [1.807, 2.05) is 32.0 Å². The highest BCUT2D eigenvalue weighted by Gasteiger charge is 2.13. The molecule has 0 aliphatic heterocycles. The van der Waals surface area contributed by atoms with Gasteiger partial charge in [0.15, 0.2) is 0 Å². The number of pyridine rings is 1. The van der Waals surface area contributed by atoms with E-state index >= 15 is 0 Å². The van der Waals surface area contributed by atoms with Crippen molar-refractivity contribution < 1.29 is 19.9 Å². The van der Waals surface area contributed by atoms with Crippen LogP contribution >= 0.6 is 11.9 Å². The fraction of sp³-hybridized carbons (Fsp3) is 0.586. The van der Waals surface area contributed by atoms with Gasteiger partial charge in [-0.05, 0) is 38.1 Å². The summed E-state index contributed by atoms with van der Waals surface area (Å²) in [4.78, 5) is 25.3. The maximum absolute atomic E-state index is 10.8. The highest BCUT2D eigenvalue weighted by molar-refractivity contribution is 7.97. The van der Waals surface area contributed by atoms with Crippen molar-refractivity contribution in [2.45, 2.75) is 85.0 Å². The van der Waals surface area contributed by atoms with Crippen molar-refractivity contribution in [2.75, 3.05) is 26.2 Å². The van der Waals surface area contributed by atoms with E-state index in [9.17, 15) is 14.9 Å². The van der Waals surface area contributed by atoms with Gasteiger partial charge in [-0.3, -0.25) is 15.1 Å². The molecule has 9 nitrogen and oxygen atoms in total. The number of hydrogen-bond acceptors (Lipinski definition) is 7. The molecule has 1 aromatic carbocycles. The van der Waals surface area contributed by atoms with E-state index in [0.717, 1.165) is 6.54 Å². The summed E-state index contributed by atoms with van der Waals surface area (Å²) in [6, 6.07) is 11.7. The van der Waals surface area contributed by atoms with Crippen LogP contribution in [0, 0.1) is 23.0 Å². The van der Waals surface area contributed by atoms with Crippen LogP contribution in [0.4, 0.5) is 10.5 Å². The van der Waals surface area contributed by atoms with E-state index in [2.05, 4.69) is 47.5 Å². The predicted octanol–water partition coefficient (Wildman–Crippen LogP) is 7.58. The van der Waals surface area contributed by atoms with Crippen LogP contribution in [0.3, 0.4) is 0 Å². The molecule has 0 radical (unpaired) electrons. The van der Waals surface area contributed by atoms with Crippen LogP contribution in [0.15, 0.2) is 53.7 Å². The number of aliphatic hydroxyl groups excluding tert-OH is 1. The Hall–Kier alpha value is -2.69. The lowest BCUT2D eigenvalue weighted by molar-refractivity contribution is -0.385. The number of benzene rings is 1. The van der Waals surface area contributed by atoms with Crippen molar-refractivity contribution >= 4 is 23.7 Å². The second-order valence-electron chi connectivity index (χ2n) is 8.83. The average molecular weight is 567 g/mol. The maximum atomic E-state index is 10.8. The first kappa shape index (κ1) is 38.5. The summed E-state index contributed by atoms with van der Waals surface area (Å²) in [7, 11) is 0. The van der Waals surface area contributed by atoms with E-state index in [1.54, 1.807) is 13.1 Å². The Morgan fingerprint density at radius 3 is 2.08 bits per heavy atom. The van der Waals surface area contributed by atoms with Crippen molar-refractivity contribution in [3.05, 3.63) is 64.5 Å². The second kappa shape index (κ2) is 26.9. The standard InChI is InChI=1S/C13H20N4O4S.C7H8.C5H10.C2H6O.C2H6/c1-10(2)9-16(5-3-4-15-13(18)19)22-12-6-11(17(20)21)7-14-8-12;1-7-5-3-2-4-6-7;1-2-4-5-3-1;1-2-3;1-2/h6-8,10,15H,3-5,9H2,1-2H3,(H,18,19);2-6H,1H3;1-5H2;3H,2H2,1H3;1-2H3. The Balaban J connectivity index is 0. The summed E-state index contributed by atoms with van der Waals surface area (Å²) in [6.07, 6.45) is 9.92. The zero-order chi connectivity index (χ0) is 29.9. The third-order valence-electron chi connectivity index (χ3n) is 4.76. The molecule has 0 bridgehead atoms. The minimum absolute atomic E-state index is 0.0398. The number of rotatable bonds is 9. The van der Waals surface area contributed by atoms with Gasteiger partial charge in [-0.15, -0.1) is 0 Å². The summed E-state index contributed by atoms with van der Waals surface area (Å²) in [5.41, 5.74) is 1.28. The molecule has 3 rings (SSSR count). The quantitative estimate of drug-likeness (QED) is 0.123. The third-order valence-corrected chi connectivity index (χ3v) is 5.79. The normalized spacial score (nSPS) is 11.4. The number of aliphatic hydroxyl groups is 1. The van der Waals surface area contributed by atoms with Crippen LogP contribution in [-0.2, 0) is 0 Å². The monoisotopic (exact) mass is 566 g/mol. The molecule has 10 heteroatoms. The fourth-order valence-corrected chi connectivity index (χ4v) is 4.33. The van der Waals surface area contributed by atoms with Crippen LogP contribution in [0.1, 0.15) is 78.7 Å². The van der Waals surface area contributed by atoms with Crippen LogP contribution in [0.5, 0.6) is 0 Å². The number of nitro groups is 1. The van der Waals surface area contributed by atoms with Gasteiger partial charge in [-0.2, -0.15) is 0 Å². The smallest absolute Gasteiger partial charge is 0.404 e. The second-order valence-corrected chi connectivity index (χ2v) is 10.0. The molecular weight excluding hydrogens is 516 g/mol. The summed E-state index contributed by atoms with van der Waals surface area (Å²) >= 11 is 1.40. The van der Waals surface area contributed by atoms with Crippen molar-refractivity contribution in [1.29, 1.82) is 0 Å². The lowest BCUT2D eigenvalue weighted by atomic mass is 10.2. The maximum Gasteiger partial charge on any atom is 0.404 e. The van der Waals surface area contributed by atoms with E-state index in [4.69, 9.17) is 10.2 Å². The van der Waals surface area contributed by atoms with Crippen molar-refractivity contribution in [3.63, 3.8) is 0 Å². The zero-order valence-electron chi connectivity index (χ0n) is 24.6. The lowest BCUT2D eigenvalue weighted by Crippen LogP contribution is -2.27. The fourth-order valence-electron chi connectivity index (χ4n) is 3.16. The van der Waals surface area contributed by atoms with Crippen molar-refractivity contribution in [2.24, 2.45) is 5.92 Å². The highest BCUT2D eigenvalue weighted by Crippen LogP contribution is 2.26. The Bertz CT molecular complexity index is 845. The molecule has 222 valence electrons. The Morgan fingerprint density at radius 2 is 1.67 bits per heavy atom. The third kappa shape index (κ3) is 25.4. The van der Waals surface area contributed by atoms with Gasteiger partial charge in [0, 0.05) is 43.4 Å². The van der Waals surface area contributed by atoms with E-state index in [-0.39, 0.29) is 12.3 Å². The van der Waals surface area contributed by atoms with Gasteiger partial charge < -0.3 is 15.5 Å². The lowest BCUT2D eigenvalue weighted by Gasteiger charge is -2.22. The summed E-state index contributed by atoms with van der Waals surface area (Å²) in [5, 5.41) is 29.2. The molecule has 0 spiro atoms. The summed E-state index contributed by atoms with van der Waals surface area (Å²) in [6.45, 7) is 14.0. The molecule has 0 saturated heterocycles. The largest absolute Gasteiger partial charge is 0.465 e. The number of nitrogens with zero attached hydrogens (tertiary/aromatic N) is 3. The number of amides is 1. The number of aromatic nitrogens is 1.